The van der Waals surface area contributed by atoms with Gasteiger partial charge in [0, 0.05) is 42.2 Å². The van der Waals surface area contributed by atoms with E-state index in [0.29, 0.717) is 30.4 Å². The van der Waals surface area contributed by atoms with Crippen LogP contribution in [0.3, 0.4) is 0 Å². The fourth-order valence-electron chi connectivity index (χ4n) is 2.69. The molecule has 0 atom stereocenters. The van der Waals surface area contributed by atoms with Crippen molar-refractivity contribution in [2.45, 2.75) is 13.8 Å². The highest BCUT2D eigenvalue weighted by atomic mass is 19.1. The van der Waals surface area contributed by atoms with Crippen molar-refractivity contribution in [1.29, 1.82) is 0 Å². The van der Waals surface area contributed by atoms with E-state index in [1.54, 1.807) is 18.2 Å². The number of rotatable bonds is 8. The average Bonchev–Trinajstić information content (AvgIpc) is 2.72. The van der Waals surface area contributed by atoms with Crippen LogP contribution in [-0.2, 0) is 4.79 Å². The Morgan fingerprint density at radius 2 is 1.80 bits per heavy atom. The molecular weight excluding hydrogens is 381 g/mol. The number of carbonyl (C=O) groups is 1. The lowest BCUT2D eigenvalue weighted by molar-refractivity contribution is -0.116. The Bertz CT molecular complexity index is 1030. The van der Waals surface area contributed by atoms with Crippen molar-refractivity contribution >= 4 is 29.4 Å². The quantitative estimate of drug-likeness (QED) is 0.386. The van der Waals surface area contributed by atoms with Crippen molar-refractivity contribution in [1.82, 2.24) is 15.3 Å². The third-order valence-electron chi connectivity index (χ3n) is 4.21. The highest BCUT2D eigenvalue weighted by Crippen LogP contribution is 2.17. The Morgan fingerprint density at radius 1 is 1.03 bits per heavy atom. The summed E-state index contributed by atoms with van der Waals surface area (Å²) >= 11 is 0. The van der Waals surface area contributed by atoms with Crippen LogP contribution in [0.1, 0.15) is 16.8 Å². The molecule has 0 aliphatic rings. The molecule has 3 rings (SSSR count). The smallest absolute Gasteiger partial charge is 0.244 e. The molecule has 3 N–H and O–H groups in total. The van der Waals surface area contributed by atoms with E-state index in [1.807, 2.05) is 44.2 Å². The third kappa shape index (κ3) is 6.41. The van der Waals surface area contributed by atoms with Gasteiger partial charge >= 0.3 is 0 Å². The van der Waals surface area contributed by atoms with Crippen molar-refractivity contribution < 1.29 is 9.18 Å². The van der Waals surface area contributed by atoms with Gasteiger partial charge in [-0.05, 0) is 38.1 Å². The average molecular weight is 405 g/mol. The first-order valence-electron chi connectivity index (χ1n) is 9.63. The summed E-state index contributed by atoms with van der Waals surface area (Å²) in [5.41, 5.74) is 3.32. The SMILES string of the molecule is Cc1ccc(Nc2cc(C)nc(NCCNC(=O)/C=C/c3ccccc3F)n2)cc1. The van der Waals surface area contributed by atoms with E-state index in [9.17, 15) is 9.18 Å². The lowest BCUT2D eigenvalue weighted by Gasteiger charge is -2.10. The number of nitrogens with zero attached hydrogens (tertiary/aromatic N) is 2. The maximum Gasteiger partial charge on any atom is 0.244 e. The number of hydrogen-bond acceptors (Lipinski definition) is 5. The zero-order chi connectivity index (χ0) is 21.3. The third-order valence-corrected chi connectivity index (χ3v) is 4.21. The van der Waals surface area contributed by atoms with Gasteiger partial charge in [0.1, 0.15) is 11.6 Å². The zero-order valence-corrected chi connectivity index (χ0v) is 16.9. The summed E-state index contributed by atoms with van der Waals surface area (Å²) in [6.07, 6.45) is 2.76. The number of hydrogen-bond donors (Lipinski definition) is 3. The molecule has 1 heterocycles. The van der Waals surface area contributed by atoms with E-state index in [4.69, 9.17) is 0 Å². The van der Waals surface area contributed by atoms with Crippen LogP contribution in [-0.4, -0.2) is 29.0 Å². The molecule has 6 nitrogen and oxygen atoms in total. The van der Waals surface area contributed by atoms with Crippen molar-refractivity contribution in [2.24, 2.45) is 0 Å². The van der Waals surface area contributed by atoms with Crippen LogP contribution >= 0.6 is 0 Å². The maximum absolute atomic E-state index is 13.5. The lowest BCUT2D eigenvalue weighted by Crippen LogP contribution is -2.27. The van der Waals surface area contributed by atoms with E-state index in [1.165, 1.54) is 23.8 Å². The summed E-state index contributed by atoms with van der Waals surface area (Å²) in [4.78, 5) is 20.7. The number of aromatic nitrogens is 2. The summed E-state index contributed by atoms with van der Waals surface area (Å²) in [5.74, 6) is 0.494. The summed E-state index contributed by atoms with van der Waals surface area (Å²) < 4.78 is 13.5. The first-order chi connectivity index (χ1) is 14.5. The molecule has 0 fully saturated rings. The predicted octanol–water partition coefficient (Wildman–Crippen LogP) is 4.22. The van der Waals surface area contributed by atoms with Gasteiger partial charge in [-0.25, -0.2) is 9.37 Å². The molecule has 154 valence electrons. The molecule has 0 bridgehead atoms. The summed E-state index contributed by atoms with van der Waals surface area (Å²) in [6, 6.07) is 16.2. The second kappa shape index (κ2) is 10.2. The van der Waals surface area contributed by atoms with Crippen LogP contribution in [0.15, 0.2) is 60.7 Å². The van der Waals surface area contributed by atoms with Crippen molar-refractivity contribution in [2.75, 3.05) is 23.7 Å². The molecule has 0 unspecified atom stereocenters. The van der Waals surface area contributed by atoms with Crippen LogP contribution in [0.4, 0.5) is 21.8 Å². The van der Waals surface area contributed by atoms with Gasteiger partial charge in [-0.1, -0.05) is 35.9 Å². The number of benzene rings is 2. The number of carbonyl (C=O) groups excluding carboxylic acids is 1. The van der Waals surface area contributed by atoms with Crippen LogP contribution in [0.25, 0.3) is 6.08 Å². The lowest BCUT2D eigenvalue weighted by atomic mass is 10.2. The molecule has 3 aromatic rings. The molecule has 1 aromatic heterocycles. The van der Waals surface area contributed by atoms with Crippen LogP contribution < -0.4 is 16.0 Å². The maximum atomic E-state index is 13.5. The van der Waals surface area contributed by atoms with Gasteiger partial charge in [-0.15, -0.1) is 0 Å². The van der Waals surface area contributed by atoms with E-state index in [0.717, 1.165) is 11.4 Å². The van der Waals surface area contributed by atoms with Gasteiger partial charge in [-0.3, -0.25) is 4.79 Å². The molecule has 7 heteroatoms. The number of halogens is 1. The molecule has 0 aliphatic heterocycles. The molecule has 0 aliphatic carbocycles. The molecule has 1 amide bonds. The largest absolute Gasteiger partial charge is 0.352 e. The summed E-state index contributed by atoms with van der Waals surface area (Å²) in [7, 11) is 0. The van der Waals surface area contributed by atoms with Gasteiger partial charge in [0.05, 0.1) is 0 Å². The predicted molar refractivity (Wildman–Crippen MR) is 118 cm³/mol. The van der Waals surface area contributed by atoms with Crippen LogP contribution in [0.2, 0.25) is 0 Å². The first-order valence-corrected chi connectivity index (χ1v) is 9.63. The Hall–Kier alpha value is -3.74. The summed E-state index contributed by atoms with van der Waals surface area (Å²) in [5, 5.41) is 9.09. The van der Waals surface area contributed by atoms with Gasteiger partial charge < -0.3 is 16.0 Å². The second-order valence-electron chi connectivity index (χ2n) is 6.78. The van der Waals surface area contributed by atoms with Crippen molar-refractivity contribution in [3.8, 4) is 0 Å². The minimum absolute atomic E-state index is 0.299. The van der Waals surface area contributed by atoms with Crippen molar-refractivity contribution in [3.63, 3.8) is 0 Å². The molecule has 0 saturated heterocycles. The first kappa shape index (κ1) is 21.0. The van der Waals surface area contributed by atoms with Gasteiger partial charge in [0.2, 0.25) is 11.9 Å². The Morgan fingerprint density at radius 3 is 2.57 bits per heavy atom. The Balaban J connectivity index is 1.48. The molecule has 0 saturated carbocycles. The number of anilines is 3. The highest BCUT2D eigenvalue weighted by Gasteiger charge is 2.03. The summed E-state index contributed by atoms with van der Waals surface area (Å²) in [6.45, 7) is 4.75. The zero-order valence-electron chi connectivity index (χ0n) is 16.9. The van der Waals surface area contributed by atoms with Crippen LogP contribution in [0.5, 0.6) is 0 Å². The number of nitrogens with one attached hydrogen (secondary N) is 3. The Labute approximate surface area is 175 Å². The van der Waals surface area contributed by atoms with E-state index in [-0.39, 0.29) is 11.7 Å². The molecule has 30 heavy (non-hydrogen) atoms. The van der Waals surface area contributed by atoms with E-state index in [2.05, 4.69) is 25.9 Å². The second-order valence-corrected chi connectivity index (χ2v) is 6.78. The minimum atomic E-state index is -0.366. The normalized spacial score (nSPS) is 10.8. The monoisotopic (exact) mass is 405 g/mol. The van der Waals surface area contributed by atoms with Gasteiger partial charge in [0.15, 0.2) is 0 Å². The molecule has 0 radical (unpaired) electrons. The number of amides is 1. The van der Waals surface area contributed by atoms with E-state index < -0.39 is 0 Å². The molecule has 0 spiro atoms. The molecule has 2 aromatic carbocycles. The Kier molecular flexibility index (Phi) is 7.10. The fourth-order valence-corrected chi connectivity index (χ4v) is 2.69. The van der Waals surface area contributed by atoms with E-state index >= 15 is 0 Å². The number of aryl methyl sites for hydroxylation is 2. The van der Waals surface area contributed by atoms with Gasteiger partial charge in [0.25, 0.3) is 0 Å². The van der Waals surface area contributed by atoms with Crippen molar-refractivity contribution in [3.05, 3.63) is 83.3 Å². The van der Waals surface area contributed by atoms with Crippen LogP contribution in [0, 0.1) is 19.7 Å². The minimum Gasteiger partial charge on any atom is -0.352 e. The topological polar surface area (TPSA) is 78.9 Å². The standard InChI is InChI=1S/C23H24FN5O/c1-16-7-10-19(11-8-16)28-21-15-17(2)27-23(29-21)26-14-13-25-22(30)12-9-18-5-3-4-6-20(18)24/h3-12,15H,13-14H2,1-2H3,(H,25,30)(H2,26,27,28,29)/b12-9+. The van der Waals surface area contributed by atoms with Gasteiger partial charge in [-0.2, -0.15) is 4.98 Å². The highest BCUT2D eigenvalue weighted by molar-refractivity contribution is 5.91. The molecular formula is C23H24FN5O. The fraction of sp³-hybridized carbons (Fsp3) is 0.174.